The molecule has 0 aliphatic rings. The van der Waals surface area contributed by atoms with Crippen molar-refractivity contribution < 1.29 is 4.79 Å². The number of nitrogens with zero attached hydrogens (tertiary/aromatic N) is 2. The van der Waals surface area contributed by atoms with Crippen molar-refractivity contribution in [2.24, 2.45) is 7.05 Å². The van der Waals surface area contributed by atoms with Crippen molar-refractivity contribution >= 4 is 5.91 Å². The zero-order chi connectivity index (χ0) is 14.0. The molecule has 1 amide bonds. The highest BCUT2D eigenvalue weighted by Crippen LogP contribution is 2.18. The Hall–Kier alpha value is -2.10. The summed E-state index contributed by atoms with van der Waals surface area (Å²) in [5.74, 6) is -0.145. The molecule has 1 aromatic heterocycles. The van der Waals surface area contributed by atoms with Crippen molar-refractivity contribution in [3.8, 4) is 0 Å². The Morgan fingerprint density at radius 2 is 2.05 bits per heavy atom. The summed E-state index contributed by atoms with van der Waals surface area (Å²) in [6.45, 7) is 6.11. The first-order valence-corrected chi connectivity index (χ1v) is 6.35. The molecule has 0 saturated carbocycles. The van der Waals surface area contributed by atoms with E-state index in [1.54, 1.807) is 24.0 Å². The first kappa shape index (κ1) is 13.3. The number of amides is 1. The number of carbonyl (C=O) groups is 1. The van der Waals surface area contributed by atoms with Gasteiger partial charge in [-0.1, -0.05) is 23.8 Å². The number of carbonyl (C=O) groups excluding carboxylic acids is 1. The predicted molar refractivity (Wildman–Crippen MR) is 75.0 cm³/mol. The van der Waals surface area contributed by atoms with E-state index >= 15 is 0 Å². The molecule has 2 rings (SSSR count). The maximum absolute atomic E-state index is 12.0. The first-order valence-electron chi connectivity index (χ1n) is 6.35. The van der Waals surface area contributed by atoms with Crippen molar-refractivity contribution in [2.75, 3.05) is 0 Å². The minimum Gasteiger partial charge on any atom is -0.344 e. The van der Waals surface area contributed by atoms with E-state index in [9.17, 15) is 4.79 Å². The summed E-state index contributed by atoms with van der Waals surface area (Å²) >= 11 is 0. The molecule has 19 heavy (non-hydrogen) atoms. The number of nitrogens with one attached hydrogen (secondary N) is 1. The molecule has 1 atom stereocenters. The number of hydrogen-bond donors (Lipinski definition) is 1. The van der Waals surface area contributed by atoms with Gasteiger partial charge < -0.3 is 5.32 Å². The van der Waals surface area contributed by atoms with Gasteiger partial charge in [-0.15, -0.1) is 0 Å². The summed E-state index contributed by atoms with van der Waals surface area (Å²) in [6, 6.07) is 7.93. The predicted octanol–water partition coefficient (Wildman–Crippen LogP) is 2.53. The van der Waals surface area contributed by atoms with Crippen LogP contribution in [0.25, 0.3) is 0 Å². The van der Waals surface area contributed by atoms with Gasteiger partial charge in [-0.25, -0.2) is 0 Å². The Morgan fingerprint density at radius 1 is 1.32 bits per heavy atom. The molecule has 0 aliphatic carbocycles. The molecule has 0 aliphatic heterocycles. The van der Waals surface area contributed by atoms with Gasteiger partial charge in [-0.3, -0.25) is 9.48 Å². The molecule has 1 aromatic carbocycles. The minimum atomic E-state index is -0.145. The Balaban J connectivity index is 2.12. The molecule has 2 aromatic rings. The smallest absolute Gasteiger partial charge is 0.272 e. The number of hydrogen-bond acceptors (Lipinski definition) is 2. The highest BCUT2D eigenvalue weighted by atomic mass is 16.2. The maximum atomic E-state index is 12.0. The first-order chi connectivity index (χ1) is 8.97. The molecular weight excluding hydrogens is 238 g/mol. The second-order valence-electron chi connectivity index (χ2n) is 4.93. The van der Waals surface area contributed by atoms with Crippen molar-refractivity contribution in [3.05, 3.63) is 52.8 Å². The quantitative estimate of drug-likeness (QED) is 0.918. The van der Waals surface area contributed by atoms with E-state index in [1.165, 1.54) is 11.1 Å². The van der Waals surface area contributed by atoms with Gasteiger partial charge in [0.15, 0.2) is 0 Å². The summed E-state index contributed by atoms with van der Waals surface area (Å²) in [5, 5.41) is 7.07. The summed E-state index contributed by atoms with van der Waals surface area (Å²) in [6.07, 6.45) is 1.76. The van der Waals surface area contributed by atoms with Crippen LogP contribution in [-0.2, 0) is 7.05 Å². The van der Waals surface area contributed by atoms with Crippen LogP contribution in [0.1, 0.15) is 40.1 Å². The molecule has 0 radical (unpaired) electrons. The third kappa shape index (κ3) is 3.02. The Bertz CT molecular complexity index is 601. The van der Waals surface area contributed by atoms with Crippen LogP contribution < -0.4 is 5.32 Å². The monoisotopic (exact) mass is 257 g/mol. The molecule has 1 heterocycles. The fourth-order valence-corrected chi connectivity index (χ4v) is 2.20. The Labute approximate surface area is 113 Å². The third-order valence-electron chi connectivity index (χ3n) is 3.19. The van der Waals surface area contributed by atoms with Gasteiger partial charge in [0, 0.05) is 13.2 Å². The average molecular weight is 257 g/mol. The van der Waals surface area contributed by atoms with E-state index in [1.807, 2.05) is 6.92 Å². The normalized spacial score (nSPS) is 12.2. The van der Waals surface area contributed by atoms with E-state index < -0.39 is 0 Å². The van der Waals surface area contributed by atoms with Crippen LogP contribution in [0.5, 0.6) is 0 Å². The molecule has 4 nitrogen and oxygen atoms in total. The van der Waals surface area contributed by atoms with Gasteiger partial charge in [0.2, 0.25) is 0 Å². The molecule has 1 unspecified atom stereocenters. The molecule has 0 spiro atoms. The van der Waals surface area contributed by atoms with Crippen LogP contribution in [0.2, 0.25) is 0 Å². The van der Waals surface area contributed by atoms with Crippen molar-refractivity contribution in [3.63, 3.8) is 0 Å². The Kier molecular flexibility index (Phi) is 3.69. The van der Waals surface area contributed by atoms with Crippen LogP contribution in [0.3, 0.4) is 0 Å². The van der Waals surface area contributed by atoms with Gasteiger partial charge in [0.25, 0.3) is 5.91 Å². The fraction of sp³-hybridized carbons (Fsp3) is 0.333. The molecular formula is C15H19N3O. The molecule has 1 N–H and O–H groups in total. The van der Waals surface area contributed by atoms with Crippen molar-refractivity contribution in [2.45, 2.75) is 26.8 Å². The number of benzene rings is 1. The zero-order valence-electron chi connectivity index (χ0n) is 11.8. The maximum Gasteiger partial charge on any atom is 0.272 e. The number of rotatable bonds is 3. The minimum absolute atomic E-state index is 0.0323. The molecule has 0 saturated heterocycles. The SMILES string of the molecule is Cc1ccc(C(C)NC(=O)c2ccn(C)n2)c(C)c1. The number of aryl methyl sites for hydroxylation is 3. The summed E-state index contributed by atoms with van der Waals surface area (Å²) < 4.78 is 1.62. The lowest BCUT2D eigenvalue weighted by Gasteiger charge is -2.16. The molecule has 4 heteroatoms. The lowest BCUT2D eigenvalue weighted by Crippen LogP contribution is -2.27. The molecule has 100 valence electrons. The highest BCUT2D eigenvalue weighted by molar-refractivity contribution is 5.92. The third-order valence-corrected chi connectivity index (χ3v) is 3.19. The van der Waals surface area contributed by atoms with Gasteiger partial charge >= 0.3 is 0 Å². The van der Waals surface area contributed by atoms with Gasteiger partial charge in [0.05, 0.1) is 6.04 Å². The van der Waals surface area contributed by atoms with E-state index in [4.69, 9.17) is 0 Å². The highest BCUT2D eigenvalue weighted by Gasteiger charge is 2.14. The lowest BCUT2D eigenvalue weighted by molar-refractivity contribution is 0.0934. The topological polar surface area (TPSA) is 46.9 Å². The zero-order valence-corrected chi connectivity index (χ0v) is 11.8. The second kappa shape index (κ2) is 5.26. The summed E-state index contributed by atoms with van der Waals surface area (Å²) in [5.41, 5.74) is 3.99. The van der Waals surface area contributed by atoms with Crippen molar-refractivity contribution in [1.82, 2.24) is 15.1 Å². The van der Waals surface area contributed by atoms with Crippen LogP contribution in [0, 0.1) is 13.8 Å². The standard InChI is InChI=1S/C15H19N3O/c1-10-5-6-13(11(2)9-10)12(3)16-15(19)14-7-8-18(4)17-14/h5-9,12H,1-4H3,(H,16,19). The fourth-order valence-electron chi connectivity index (χ4n) is 2.20. The van der Waals surface area contributed by atoms with Gasteiger partial charge in [-0.2, -0.15) is 5.10 Å². The van der Waals surface area contributed by atoms with E-state index in [0.29, 0.717) is 5.69 Å². The van der Waals surface area contributed by atoms with Gasteiger partial charge in [-0.05, 0) is 38.0 Å². The average Bonchev–Trinajstić information content (AvgIpc) is 2.75. The number of aromatic nitrogens is 2. The largest absolute Gasteiger partial charge is 0.344 e. The van der Waals surface area contributed by atoms with E-state index in [-0.39, 0.29) is 11.9 Å². The van der Waals surface area contributed by atoms with Crippen molar-refractivity contribution in [1.29, 1.82) is 0 Å². The second-order valence-corrected chi connectivity index (χ2v) is 4.93. The van der Waals surface area contributed by atoms with Crippen LogP contribution in [0.4, 0.5) is 0 Å². The summed E-state index contributed by atoms with van der Waals surface area (Å²) in [4.78, 5) is 12.0. The van der Waals surface area contributed by atoms with Crippen LogP contribution >= 0.6 is 0 Å². The Morgan fingerprint density at radius 3 is 2.63 bits per heavy atom. The van der Waals surface area contributed by atoms with Crippen LogP contribution in [0.15, 0.2) is 30.5 Å². The lowest BCUT2D eigenvalue weighted by atomic mass is 10.0. The molecule has 0 bridgehead atoms. The van der Waals surface area contributed by atoms with E-state index in [2.05, 4.69) is 42.5 Å². The molecule has 0 fully saturated rings. The van der Waals surface area contributed by atoms with Crippen LogP contribution in [-0.4, -0.2) is 15.7 Å². The van der Waals surface area contributed by atoms with E-state index in [0.717, 1.165) is 5.56 Å². The summed E-state index contributed by atoms with van der Waals surface area (Å²) in [7, 11) is 1.80. The van der Waals surface area contributed by atoms with Gasteiger partial charge in [0.1, 0.15) is 5.69 Å².